The summed E-state index contributed by atoms with van der Waals surface area (Å²) < 4.78 is 5.69. The lowest BCUT2D eigenvalue weighted by Crippen LogP contribution is -2.07. The molecule has 3 N–H and O–H groups in total. The number of nitrogen functional groups attached to an aromatic ring is 1. The molecular weight excluding hydrogens is 252 g/mol. The number of benzene rings is 1. The molecule has 0 aliphatic rings. The molecule has 0 fully saturated rings. The van der Waals surface area contributed by atoms with Gasteiger partial charge in [0.1, 0.15) is 17.8 Å². The Bertz CT molecular complexity index is 554. The Hall–Kier alpha value is -2.30. The summed E-state index contributed by atoms with van der Waals surface area (Å²) in [6, 6.07) is 7.74. The van der Waals surface area contributed by atoms with Crippen LogP contribution in [0.2, 0.25) is 0 Å². The molecule has 0 aliphatic carbocycles. The molecule has 0 saturated heterocycles. The first-order valence-electron chi connectivity index (χ1n) is 6.79. The van der Waals surface area contributed by atoms with Crippen LogP contribution >= 0.6 is 0 Å². The van der Waals surface area contributed by atoms with E-state index >= 15 is 0 Å². The van der Waals surface area contributed by atoms with Gasteiger partial charge in [0, 0.05) is 6.54 Å². The number of unbranched alkanes of at least 4 members (excludes halogenated alkanes) is 1. The van der Waals surface area contributed by atoms with Crippen LogP contribution in [0.25, 0.3) is 0 Å². The highest BCUT2D eigenvalue weighted by molar-refractivity contribution is 5.66. The number of ether oxygens (including phenoxy) is 1. The van der Waals surface area contributed by atoms with Crippen LogP contribution in [0.1, 0.15) is 25.3 Å². The fraction of sp³-hybridized carbons (Fsp3) is 0.333. The molecule has 1 heterocycles. The lowest BCUT2D eigenvalue weighted by Gasteiger charge is -2.11. The van der Waals surface area contributed by atoms with Crippen LogP contribution in [0.15, 0.2) is 30.6 Å². The molecule has 1 aromatic carbocycles. The van der Waals surface area contributed by atoms with E-state index in [-0.39, 0.29) is 0 Å². The molecule has 106 valence electrons. The van der Waals surface area contributed by atoms with E-state index in [0.29, 0.717) is 23.1 Å². The molecule has 1 aromatic heterocycles. The summed E-state index contributed by atoms with van der Waals surface area (Å²) in [6.45, 7) is 5.00. The van der Waals surface area contributed by atoms with E-state index in [0.717, 1.165) is 19.4 Å². The maximum absolute atomic E-state index is 6.03. The molecule has 0 aliphatic heterocycles. The van der Waals surface area contributed by atoms with E-state index in [4.69, 9.17) is 10.5 Å². The number of aryl methyl sites for hydroxylation is 1. The van der Waals surface area contributed by atoms with Crippen molar-refractivity contribution in [2.45, 2.75) is 26.7 Å². The number of hydrogen-bond donors (Lipinski definition) is 2. The largest absolute Gasteiger partial charge is 0.437 e. The van der Waals surface area contributed by atoms with Gasteiger partial charge in [0.2, 0.25) is 5.88 Å². The third kappa shape index (κ3) is 3.60. The van der Waals surface area contributed by atoms with Crippen molar-refractivity contribution in [1.82, 2.24) is 9.97 Å². The van der Waals surface area contributed by atoms with Crippen LogP contribution in [0.3, 0.4) is 0 Å². The van der Waals surface area contributed by atoms with Gasteiger partial charge in [-0.15, -0.1) is 0 Å². The Labute approximate surface area is 119 Å². The van der Waals surface area contributed by atoms with Gasteiger partial charge in [-0.1, -0.05) is 31.0 Å². The molecule has 0 spiro atoms. The second kappa shape index (κ2) is 6.75. The zero-order valence-corrected chi connectivity index (χ0v) is 11.9. The topological polar surface area (TPSA) is 73.1 Å². The van der Waals surface area contributed by atoms with Gasteiger partial charge >= 0.3 is 0 Å². The van der Waals surface area contributed by atoms with Gasteiger partial charge in [-0.3, -0.25) is 0 Å². The van der Waals surface area contributed by atoms with E-state index < -0.39 is 0 Å². The van der Waals surface area contributed by atoms with E-state index in [1.165, 1.54) is 11.9 Å². The van der Waals surface area contributed by atoms with E-state index in [1.807, 2.05) is 31.2 Å². The Morgan fingerprint density at radius 3 is 2.65 bits per heavy atom. The summed E-state index contributed by atoms with van der Waals surface area (Å²) in [5.41, 5.74) is 7.64. The first-order valence-corrected chi connectivity index (χ1v) is 6.79. The third-order valence-electron chi connectivity index (χ3n) is 2.91. The molecule has 2 rings (SSSR count). The molecule has 0 atom stereocenters. The number of nitrogens with zero attached hydrogens (tertiary/aromatic N) is 2. The fourth-order valence-electron chi connectivity index (χ4n) is 1.70. The molecule has 0 radical (unpaired) electrons. The first-order chi connectivity index (χ1) is 9.70. The summed E-state index contributed by atoms with van der Waals surface area (Å²) in [7, 11) is 0. The predicted molar refractivity (Wildman–Crippen MR) is 81.1 cm³/mol. The van der Waals surface area contributed by atoms with Crippen LogP contribution in [0.4, 0.5) is 11.5 Å². The summed E-state index contributed by atoms with van der Waals surface area (Å²) in [4.78, 5) is 8.23. The highest BCUT2D eigenvalue weighted by Crippen LogP contribution is 2.29. The van der Waals surface area contributed by atoms with Gasteiger partial charge in [0.05, 0.1) is 0 Å². The number of aromatic nitrogens is 2. The van der Waals surface area contributed by atoms with Crippen molar-refractivity contribution in [3.63, 3.8) is 0 Å². The summed E-state index contributed by atoms with van der Waals surface area (Å²) in [5.74, 6) is 1.71. The Kier molecular flexibility index (Phi) is 4.76. The summed E-state index contributed by atoms with van der Waals surface area (Å²) in [6.07, 6.45) is 3.64. The highest BCUT2D eigenvalue weighted by atomic mass is 16.5. The van der Waals surface area contributed by atoms with Crippen molar-refractivity contribution >= 4 is 11.5 Å². The minimum absolute atomic E-state index is 0.378. The van der Waals surface area contributed by atoms with Gasteiger partial charge in [0.25, 0.3) is 0 Å². The normalized spacial score (nSPS) is 10.3. The zero-order chi connectivity index (χ0) is 14.4. The van der Waals surface area contributed by atoms with Gasteiger partial charge in [-0.25, -0.2) is 4.98 Å². The van der Waals surface area contributed by atoms with E-state index in [1.54, 1.807) is 0 Å². The van der Waals surface area contributed by atoms with Crippen molar-refractivity contribution < 1.29 is 4.74 Å². The smallest absolute Gasteiger partial charge is 0.248 e. The second-order valence-corrected chi connectivity index (χ2v) is 4.64. The maximum Gasteiger partial charge on any atom is 0.248 e. The zero-order valence-electron chi connectivity index (χ0n) is 11.9. The molecule has 2 aromatic rings. The predicted octanol–water partition coefficient (Wildman–Crippen LogP) is 3.37. The molecular formula is C15H20N4O. The quantitative estimate of drug-likeness (QED) is 0.789. The lowest BCUT2D eigenvalue weighted by molar-refractivity contribution is 0.464. The van der Waals surface area contributed by atoms with Gasteiger partial charge < -0.3 is 15.8 Å². The molecule has 5 heteroatoms. The Morgan fingerprint density at radius 1 is 1.20 bits per heavy atom. The van der Waals surface area contributed by atoms with Crippen LogP contribution in [-0.4, -0.2) is 16.5 Å². The number of anilines is 2. The summed E-state index contributed by atoms with van der Waals surface area (Å²) >= 11 is 0. The molecule has 20 heavy (non-hydrogen) atoms. The van der Waals surface area contributed by atoms with Crippen molar-refractivity contribution in [3.05, 3.63) is 36.2 Å². The molecule has 0 amide bonds. The standard InChI is InChI=1S/C15H20N4O/c1-3-4-9-17-14-13(16)15(19-10-18-14)20-12-7-5-11(2)6-8-12/h5-8,10H,3-4,9,16H2,1-2H3,(H,17,18,19). The lowest BCUT2D eigenvalue weighted by atomic mass is 10.2. The Morgan fingerprint density at radius 2 is 1.95 bits per heavy atom. The van der Waals surface area contributed by atoms with Gasteiger partial charge in [0.15, 0.2) is 5.82 Å². The van der Waals surface area contributed by atoms with Gasteiger partial charge in [-0.05, 0) is 25.5 Å². The molecule has 5 nitrogen and oxygen atoms in total. The minimum atomic E-state index is 0.378. The third-order valence-corrected chi connectivity index (χ3v) is 2.91. The highest BCUT2D eigenvalue weighted by Gasteiger charge is 2.09. The SMILES string of the molecule is CCCCNc1ncnc(Oc2ccc(C)cc2)c1N. The van der Waals surface area contributed by atoms with Crippen molar-refractivity contribution in [2.24, 2.45) is 0 Å². The van der Waals surface area contributed by atoms with Gasteiger partial charge in [-0.2, -0.15) is 4.98 Å². The fourth-order valence-corrected chi connectivity index (χ4v) is 1.70. The molecule has 0 saturated carbocycles. The molecule has 0 bridgehead atoms. The van der Waals surface area contributed by atoms with Crippen LogP contribution in [0.5, 0.6) is 11.6 Å². The number of nitrogens with two attached hydrogens (primary N) is 1. The Balaban J connectivity index is 2.11. The maximum atomic E-state index is 6.03. The van der Waals surface area contributed by atoms with Crippen LogP contribution in [-0.2, 0) is 0 Å². The minimum Gasteiger partial charge on any atom is -0.437 e. The van der Waals surface area contributed by atoms with Crippen molar-refractivity contribution in [2.75, 3.05) is 17.6 Å². The number of rotatable bonds is 6. The van der Waals surface area contributed by atoms with Crippen LogP contribution in [0, 0.1) is 6.92 Å². The number of hydrogen-bond acceptors (Lipinski definition) is 5. The van der Waals surface area contributed by atoms with Crippen molar-refractivity contribution in [3.8, 4) is 11.6 Å². The van der Waals surface area contributed by atoms with Crippen molar-refractivity contribution in [1.29, 1.82) is 0 Å². The van der Waals surface area contributed by atoms with E-state index in [2.05, 4.69) is 22.2 Å². The second-order valence-electron chi connectivity index (χ2n) is 4.64. The van der Waals surface area contributed by atoms with E-state index in [9.17, 15) is 0 Å². The monoisotopic (exact) mass is 272 g/mol. The van der Waals surface area contributed by atoms with Crippen LogP contribution < -0.4 is 15.8 Å². The average Bonchev–Trinajstić information content (AvgIpc) is 2.45. The number of nitrogens with one attached hydrogen (secondary N) is 1. The first kappa shape index (κ1) is 14.1. The summed E-state index contributed by atoms with van der Waals surface area (Å²) in [5, 5.41) is 3.19. The molecule has 0 unspecified atom stereocenters. The average molecular weight is 272 g/mol.